The Morgan fingerprint density at radius 1 is 1.12 bits per heavy atom. The van der Waals surface area contributed by atoms with Crippen LogP contribution in [0.4, 0.5) is 17.6 Å². The molecule has 94 valence electrons. The Morgan fingerprint density at radius 3 is 2.00 bits per heavy atom. The quantitative estimate of drug-likeness (QED) is 0.518. The van der Waals surface area contributed by atoms with Crippen molar-refractivity contribution in [2.45, 2.75) is 18.2 Å². The molecule has 0 atom stereocenters. The first-order chi connectivity index (χ1) is 7.86. The van der Waals surface area contributed by atoms with Gasteiger partial charge in [0.1, 0.15) is 0 Å². The van der Waals surface area contributed by atoms with Crippen LogP contribution in [0.5, 0.6) is 0 Å². The average molecular weight is 268 g/mol. The summed E-state index contributed by atoms with van der Waals surface area (Å²) >= 11 is 0.428. The monoisotopic (exact) mass is 268 g/mol. The van der Waals surface area contributed by atoms with Crippen LogP contribution in [-0.4, -0.2) is 16.8 Å². The van der Waals surface area contributed by atoms with Crippen molar-refractivity contribution in [3.63, 3.8) is 0 Å². The van der Waals surface area contributed by atoms with Gasteiger partial charge in [-0.15, -0.1) is 11.8 Å². The fraction of sp³-hybridized carbons (Fsp3) is 0.300. The number of aliphatic carboxylic acids is 1. The molecule has 7 heteroatoms. The summed E-state index contributed by atoms with van der Waals surface area (Å²) in [7, 11) is 0. The maximum absolute atomic E-state index is 13.3. The Hall–Kier alpha value is -1.24. The van der Waals surface area contributed by atoms with Crippen molar-refractivity contribution in [1.29, 1.82) is 0 Å². The molecule has 0 radical (unpaired) electrons. The summed E-state index contributed by atoms with van der Waals surface area (Å²) in [6.07, 6.45) is -0.360. The lowest BCUT2D eigenvalue weighted by atomic mass is 10.2. The Balaban J connectivity index is 3.03. The average Bonchev–Trinajstić information content (AvgIpc) is 2.28. The third-order valence-corrected chi connectivity index (χ3v) is 3.06. The van der Waals surface area contributed by atoms with E-state index in [2.05, 4.69) is 0 Å². The molecule has 0 aliphatic rings. The van der Waals surface area contributed by atoms with Gasteiger partial charge in [0.25, 0.3) is 0 Å². The first kappa shape index (κ1) is 13.8. The lowest BCUT2D eigenvalue weighted by Gasteiger charge is -2.08. The van der Waals surface area contributed by atoms with E-state index in [4.69, 9.17) is 5.11 Å². The number of hydrogen-bond acceptors (Lipinski definition) is 2. The van der Waals surface area contributed by atoms with Crippen LogP contribution in [-0.2, 0) is 4.79 Å². The van der Waals surface area contributed by atoms with E-state index in [1.807, 2.05) is 0 Å². The molecule has 0 saturated heterocycles. The molecule has 2 nitrogen and oxygen atoms in total. The number of carboxylic acid groups (broad SMARTS) is 1. The molecule has 0 amide bonds. The predicted octanol–water partition coefficient (Wildman–Crippen LogP) is 3.12. The summed E-state index contributed by atoms with van der Waals surface area (Å²) in [6.45, 7) is 0.919. The number of carboxylic acids is 1. The first-order valence-corrected chi connectivity index (χ1v) is 5.52. The summed E-state index contributed by atoms with van der Waals surface area (Å²) in [5.74, 6) is -7.23. The van der Waals surface area contributed by atoms with E-state index in [1.54, 1.807) is 0 Å². The van der Waals surface area contributed by atoms with E-state index in [0.717, 1.165) is 6.92 Å². The molecular weight excluding hydrogens is 260 g/mol. The van der Waals surface area contributed by atoms with Gasteiger partial charge in [-0.3, -0.25) is 4.79 Å². The minimum absolute atomic E-state index is 0.175. The minimum Gasteiger partial charge on any atom is -0.481 e. The fourth-order valence-corrected chi connectivity index (χ4v) is 2.00. The number of rotatable bonds is 4. The first-order valence-electron chi connectivity index (χ1n) is 4.53. The highest BCUT2D eigenvalue weighted by Gasteiger charge is 2.23. The lowest BCUT2D eigenvalue weighted by molar-refractivity contribution is -0.136. The van der Waals surface area contributed by atoms with Crippen LogP contribution >= 0.6 is 11.8 Å². The zero-order valence-corrected chi connectivity index (χ0v) is 9.51. The molecule has 0 aliphatic carbocycles. The zero-order chi connectivity index (χ0) is 13.2. The summed E-state index contributed by atoms with van der Waals surface area (Å²) in [5, 5.41) is 8.33. The van der Waals surface area contributed by atoms with Gasteiger partial charge in [-0.05, 0) is 6.92 Å². The SMILES string of the molecule is Cc1c(F)c(F)c(SCCC(=O)O)c(F)c1F. The summed E-state index contributed by atoms with van der Waals surface area (Å²) in [6, 6.07) is 0. The fourth-order valence-electron chi connectivity index (χ4n) is 1.09. The highest BCUT2D eigenvalue weighted by Crippen LogP contribution is 2.31. The maximum atomic E-state index is 13.3. The van der Waals surface area contributed by atoms with E-state index >= 15 is 0 Å². The van der Waals surface area contributed by atoms with Crippen molar-refractivity contribution in [2.75, 3.05) is 5.75 Å². The number of thioether (sulfide) groups is 1. The molecule has 1 aromatic carbocycles. The Morgan fingerprint density at radius 2 is 1.59 bits per heavy atom. The van der Waals surface area contributed by atoms with Gasteiger partial charge in [0.2, 0.25) is 0 Å². The van der Waals surface area contributed by atoms with Gasteiger partial charge in [0.05, 0.1) is 11.3 Å². The highest BCUT2D eigenvalue weighted by atomic mass is 32.2. The zero-order valence-electron chi connectivity index (χ0n) is 8.69. The summed E-state index contributed by atoms with van der Waals surface area (Å²) in [5.41, 5.74) is -0.734. The molecule has 1 N–H and O–H groups in total. The van der Waals surface area contributed by atoms with Crippen LogP contribution in [0.25, 0.3) is 0 Å². The summed E-state index contributed by atoms with van der Waals surface area (Å²) < 4.78 is 52.8. The van der Waals surface area contributed by atoms with Crippen LogP contribution in [0.2, 0.25) is 0 Å². The predicted molar refractivity (Wildman–Crippen MR) is 54.0 cm³/mol. The molecule has 17 heavy (non-hydrogen) atoms. The van der Waals surface area contributed by atoms with Crippen LogP contribution in [0.1, 0.15) is 12.0 Å². The van der Waals surface area contributed by atoms with Gasteiger partial charge in [0, 0.05) is 11.3 Å². The lowest BCUT2D eigenvalue weighted by Crippen LogP contribution is -2.03. The van der Waals surface area contributed by atoms with Crippen molar-refractivity contribution < 1.29 is 27.5 Å². The van der Waals surface area contributed by atoms with Gasteiger partial charge in [0.15, 0.2) is 23.3 Å². The van der Waals surface area contributed by atoms with E-state index in [-0.39, 0.29) is 12.2 Å². The molecule has 0 saturated carbocycles. The van der Waals surface area contributed by atoms with Crippen LogP contribution in [0.3, 0.4) is 0 Å². The molecule has 0 aliphatic heterocycles. The molecule has 1 rings (SSSR count). The summed E-state index contributed by atoms with van der Waals surface area (Å²) in [4.78, 5) is 9.37. The molecule has 0 aromatic heterocycles. The highest BCUT2D eigenvalue weighted by molar-refractivity contribution is 7.99. The number of hydrogen-bond donors (Lipinski definition) is 1. The van der Waals surface area contributed by atoms with Gasteiger partial charge in [-0.2, -0.15) is 0 Å². The van der Waals surface area contributed by atoms with E-state index in [9.17, 15) is 22.4 Å². The molecule has 0 bridgehead atoms. The van der Waals surface area contributed by atoms with E-state index in [1.165, 1.54) is 0 Å². The van der Waals surface area contributed by atoms with Crippen molar-refractivity contribution in [3.8, 4) is 0 Å². The van der Waals surface area contributed by atoms with Crippen LogP contribution < -0.4 is 0 Å². The second-order valence-electron chi connectivity index (χ2n) is 3.20. The second kappa shape index (κ2) is 5.39. The molecule has 0 spiro atoms. The molecule has 1 aromatic rings. The van der Waals surface area contributed by atoms with Crippen molar-refractivity contribution in [2.24, 2.45) is 0 Å². The van der Waals surface area contributed by atoms with Gasteiger partial charge >= 0.3 is 5.97 Å². The van der Waals surface area contributed by atoms with E-state index < -0.39 is 39.7 Å². The van der Waals surface area contributed by atoms with Crippen molar-refractivity contribution in [3.05, 3.63) is 28.8 Å². The molecule has 0 unspecified atom stereocenters. The Labute approximate surface area is 98.6 Å². The topological polar surface area (TPSA) is 37.3 Å². The number of benzene rings is 1. The van der Waals surface area contributed by atoms with Gasteiger partial charge in [-0.1, -0.05) is 0 Å². The standard InChI is InChI=1S/C10H8F4O2S/c1-4-6(11)8(13)10(9(14)7(4)12)17-3-2-5(15)16/h2-3H2,1H3,(H,15,16). The Kier molecular flexibility index (Phi) is 4.39. The third-order valence-electron chi connectivity index (χ3n) is 2.00. The number of carbonyl (C=O) groups is 1. The van der Waals surface area contributed by atoms with Crippen LogP contribution in [0.15, 0.2) is 4.90 Å². The van der Waals surface area contributed by atoms with Crippen molar-refractivity contribution >= 4 is 17.7 Å². The molecule has 0 heterocycles. The molecular formula is C10H8F4O2S. The third kappa shape index (κ3) is 2.91. The number of halogens is 4. The van der Waals surface area contributed by atoms with E-state index in [0.29, 0.717) is 11.8 Å². The van der Waals surface area contributed by atoms with Gasteiger partial charge < -0.3 is 5.11 Å². The van der Waals surface area contributed by atoms with Gasteiger partial charge in [-0.25, -0.2) is 17.6 Å². The second-order valence-corrected chi connectivity index (χ2v) is 4.31. The largest absolute Gasteiger partial charge is 0.481 e. The smallest absolute Gasteiger partial charge is 0.304 e. The molecule has 0 fully saturated rings. The van der Waals surface area contributed by atoms with Crippen LogP contribution in [0, 0.1) is 30.2 Å². The maximum Gasteiger partial charge on any atom is 0.304 e. The normalized spacial score (nSPS) is 10.6. The Bertz CT molecular complexity index is 433. The van der Waals surface area contributed by atoms with Crippen molar-refractivity contribution in [1.82, 2.24) is 0 Å². The minimum atomic E-state index is -1.49.